The first-order valence-corrected chi connectivity index (χ1v) is 13.4. The van der Waals surface area contributed by atoms with Gasteiger partial charge in [-0.3, -0.25) is 0 Å². The zero-order valence-corrected chi connectivity index (χ0v) is 20.7. The Balaban J connectivity index is 1.38. The van der Waals surface area contributed by atoms with E-state index in [1.165, 1.54) is 12.8 Å². The Morgan fingerprint density at radius 1 is 0.882 bits per heavy atom. The van der Waals surface area contributed by atoms with E-state index in [0.29, 0.717) is 40.6 Å². The normalized spacial score (nSPS) is 35.6. The summed E-state index contributed by atoms with van der Waals surface area (Å²) in [5.74, 6) is 1.19. The van der Waals surface area contributed by atoms with Crippen LogP contribution in [0.1, 0.15) is 98.8 Å². The van der Waals surface area contributed by atoms with Gasteiger partial charge >= 0.3 is 11.9 Å². The highest BCUT2D eigenvalue weighted by atomic mass is 32.2. The summed E-state index contributed by atoms with van der Waals surface area (Å²) >= 11 is 0.715. The zero-order chi connectivity index (χ0) is 23.9. The molecule has 4 bridgehead atoms. The molecule has 7 nitrogen and oxygen atoms in total. The standard InChI is InChI=1S/C26H34O7S/c1-3-25(14-16-5-7-20(25)9-16)30-23(27)18-11-19(13-22(12-18)34-33-32-29)24(28)31-26(4-2)15-17-6-8-21(26)10-17/h11-13,16-17,20-21,29H,3-10,14-15H2,1-2H3. The molecule has 0 saturated heterocycles. The van der Waals surface area contributed by atoms with Crippen LogP contribution in [0.5, 0.6) is 0 Å². The first-order chi connectivity index (χ1) is 16.4. The van der Waals surface area contributed by atoms with Gasteiger partial charge in [0.05, 0.1) is 23.2 Å². The van der Waals surface area contributed by atoms with Gasteiger partial charge in [-0.05, 0) is 106 Å². The van der Waals surface area contributed by atoms with Crippen LogP contribution in [0, 0.1) is 23.7 Å². The van der Waals surface area contributed by atoms with Crippen LogP contribution in [-0.2, 0) is 18.8 Å². The SMILES string of the molecule is CCC1(OC(=O)c2cc(SOOO)cc(C(=O)OC3(CC)CC4CCC3C4)c2)CC2CCC1C2. The van der Waals surface area contributed by atoms with Crippen molar-refractivity contribution in [3.63, 3.8) is 0 Å². The number of carbonyl (C=O) groups excluding carboxylic acids is 2. The van der Waals surface area contributed by atoms with E-state index in [1.54, 1.807) is 18.2 Å². The van der Waals surface area contributed by atoms with E-state index in [0.717, 1.165) is 51.4 Å². The summed E-state index contributed by atoms with van der Waals surface area (Å²) in [5, 5.41) is 12.3. The molecule has 1 aromatic carbocycles. The number of esters is 2. The van der Waals surface area contributed by atoms with Gasteiger partial charge in [-0.25, -0.2) is 14.8 Å². The predicted molar refractivity (Wildman–Crippen MR) is 125 cm³/mol. The molecule has 0 heterocycles. The number of rotatable bonds is 9. The fourth-order valence-corrected chi connectivity index (χ4v) is 7.93. The van der Waals surface area contributed by atoms with Gasteiger partial charge in [0, 0.05) is 4.90 Å². The summed E-state index contributed by atoms with van der Waals surface area (Å²) in [4.78, 5) is 27.0. The van der Waals surface area contributed by atoms with Crippen LogP contribution >= 0.6 is 12.0 Å². The Bertz CT molecular complexity index is 883. The van der Waals surface area contributed by atoms with Gasteiger partial charge in [-0.15, -0.1) is 4.33 Å². The molecule has 4 aliphatic rings. The van der Waals surface area contributed by atoms with E-state index in [2.05, 4.69) is 23.2 Å². The Kier molecular flexibility index (Phi) is 6.70. The number of benzene rings is 1. The van der Waals surface area contributed by atoms with Crippen LogP contribution in [0.25, 0.3) is 0 Å². The molecule has 0 spiro atoms. The minimum atomic E-state index is -0.444. The Morgan fingerprint density at radius 2 is 1.38 bits per heavy atom. The molecule has 8 heteroatoms. The van der Waals surface area contributed by atoms with Crippen molar-refractivity contribution >= 4 is 24.0 Å². The smallest absolute Gasteiger partial charge is 0.338 e. The third kappa shape index (κ3) is 4.27. The van der Waals surface area contributed by atoms with E-state index < -0.39 is 23.1 Å². The highest BCUT2D eigenvalue weighted by Crippen LogP contribution is 2.55. The molecule has 6 unspecified atom stereocenters. The molecule has 1 aromatic rings. The van der Waals surface area contributed by atoms with Gasteiger partial charge in [-0.2, -0.15) is 0 Å². The highest BCUT2D eigenvalue weighted by Gasteiger charge is 2.53. The fourth-order valence-electron chi connectivity index (χ4n) is 7.47. The lowest BCUT2D eigenvalue weighted by Crippen LogP contribution is -2.40. The van der Waals surface area contributed by atoms with Crippen LogP contribution in [0.2, 0.25) is 0 Å². The van der Waals surface area contributed by atoms with E-state index in [1.807, 2.05) is 0 Å². The molecule has 6 atom stereocenters. The van der Waals surface area contributed by atoms with Gasteiger partial charge < -0.3 is 9.47 Å². The molecule has 34 heavy (non-hydrogen) atoms. The van der Waals surface area contributed by atoms with Crippen molar-refractivity contribution in [2.75, 3.05) is 0 Å². The van der Waals surface area contributed by atoms with E-state index >= 15 is 0 Å². The van der Waals surface area contributed by atoms with Crippen LogP contribution in [-0.4, -0.2) is 28.4 Å². The van der Waals surface area contributed by atoms with Gasteiger partial charge in [0.1, 0.15) is 11.2 Å². The molecule has 0 aromatic heterocycles. The van der Waals surface area contributed by atoms with Crippen LogP contribution < -0.4 is 0 Å². The molecular formula is C26H34O7S. The molecule has 4 saturated carbocycles. The second kappa shape index (κ2) is 9.45. The summed E-state index contributed by atoms with van der Waals surface area (Å²) in [5.41, 5.74) is -0.312. The van der Waals surface area contributed by atoms with E-state index in [9.17, 15) is 9.59 Å². The summed E-state index contributed by atoms with van der Waals surface area (Å²) in [7, 11) is 0. The second-order valence-electron chi connectivity index (χ2n) is 10.7. The fraction of sp³-hybridized carbons (Fsp3) is 0.692. The number of hydrogen-bond acceptors (Lipinski definition) is 8. The monoisotopic (exact) mass is 490 g/mol. The molecule has 1 N–H and O–H groups in total. The maximum absolute atomic E-state index is 13.3. The first kappa shape index (κ1) is 24.1. The Morgan fingerprint density at radius 3 is 1.74 bits per heavy atom. The Hall–Kier alpha value is -1.61. The number of carbonyl (C=O) groups is 2. The van der Waals surface area contributed by atoms with Crippen LogP contribution in [0.4, 0.5) is 0 Å². The quantitative estimate of drug-likeness (QED) is 0.185. The highest BCUT2D eigenvalue weighted by molar-refractivity contribution is 7.94. The zero-order valence-electron chi connectivity index (χ0n) is 19.9. The predicted octanol–water partition coefficient (Wildman–Crippen LogP) is 6.37. The maximum Gasteiger partial charge on any atom is 0.338 e. The third-order valence-corrected chi connectivity index (χ3v) is 9.72. The lowest BCUT2D eigenvalue weighted by molar-refractivity contribution is -0.432. The van der Waals surface area contributed by atoms with Gasteiger partial charge in [0.25, 0.3) is 0 Å². The largest absolute Gasteiger partial charge is 0.455 e. The first-order valence-electron chi connectivity index (χ1n) is 12.7. The molecule has 4 aliphatic carbocycles. The van der Waals surface area contributed by atoms with Gasteiger partial charge in [0.2, 0.25) is 0 Å². The van der Waals surface area contributed by atoms with Crippen molar-refractivity contribution < 1.29 is 33.7 Å². The summed E-state index contributed by atoms with van der Waals surface area (Å²) in [6.07, 6.45) is 10.3. The lowest BCUT2D eigenvalue weighted by Gasteiger charge is -2.37. The summed E-state index contributed by atoms with van der Waals surface area (Å²) in [6, 6.07) is 4.74. The molecular weight excluding hydrogens is 456 g/mol. The third-order valence-electron chi connectivity index (χ3n) is 9.17. The molecule has 0 aliphatic heterocycles. The topological polar surface area (TPSA) is 91.3 Å². The van der Waals surface area contributed by atoms with Gasteiger partial charge in [-0.1, -0.05) is 18.9 Å². The van der Waals surface area contributed by atoms with E-state index in [4.69, 9.17) is 14.7 Å². The van der Waals surface area contributed by atoms with Crippen molar-refractivity contribution in [1.29, 1.82) is 0 Å². The van der Waals surface area contributed by atoms with Crippen LogP contribution in [0.3, 0.4) is 0 Å². The number of fused-ring (bicyclic) bond motifs is 4. The van der Waals surface area contributed by atoms with Crippen LogP contribution in [0.15, 0.2) is 23.1 Å². The van der Waals surface area contributed by atoms with E-state index in [-0.39, 0.29) is 11.1 Å². The Labute approximate surface area is 204 Å². The molecule has 4 fully saturated rings. The average molecular weight is 491 g/mol. The maximum atomic E-state index is 13.3. The van der Waals surface area contributed by atoms with Gasteiger partial charge in [0.15, 0.2) is 0 Å². The molecule has 5 rings (SSSR count). The number of ether oxygens (including phenoxy) is 2. The lowest BCUT2D eigenvalue weighted by atomic mass is 9.82. The number of hydrogen-bond donors (Lipinski definition) is 1. The minimum absolute atomic E-state index is 0.271. The van der Waals surface area contributed by atoms with Crippen molar-refractivity contribution in [2.24, 2.45) is 23.7 Å². The minimum Gasteiger partial charge on any atom is -0.455 e. The van der Waals surface area contributed by atoms with Crippen molar-refractivity contribution in [3.05, 3.63) is 29.3 Å². The average Bonchev–Trinajstić information content (AvgIpc) is 3.64. The van der Waals surface area contributed by atoms with Crippen molar-refractivity contribution in [2.45, 2.75) is 94.2 Å². The van der Waals surface area contributed by atoms with Crippen molar-refractivity contribution in [1.82, 2.24) is 0 Å². The summed E-state index contributed by atoms with van der Waals surface area (Å²) < 4.78 is 16.9. The molecule has 0 radical (unpaired) electrons. The van der Waals surface area contributed by atoms with Crippen molar-refractivity contribution in [3.8, 4) is 0 Å². The second-order valence-corrected chi connectivity index (χ2v) is 11.5. The molecule has 0 amide bonds. The molecule has 186 valence electrons. The summed E-state index contributed by atoms with van der Waals surface area (Å²) in [6.45, 7) is 4.16.